The van der Waals surface area contributed by atoms with Crippen LogP contribution in [-0.4, -0.2) is 6.54 Å². The minimum Gasteiger partial charge on any atom is -0.389 e. The van der Waals surface area contributed by atoms with Crippen molar-refractivity contribution in [3.05, 3.63) is 23.7 Å². The van der Waals surface area contributed by atoms with Crippen molar-refractivity contribution in [2.75, 3.05) is 6.54 Å². The van der Waals surface area contributed by atoms with Gasteiger partial charge in [-0.15, -0.1) is 0 Å². The Balaban J connectivity index is 2.30. The molecule has 0 fully saturated rings. The molecule has 2 rings (SSSR count). The first kappa shape index (κ1) is 4.73. The lowest BCUT2D eigenvalue weighted by molar-refractivity contribution is 0.733. The topological polar surface area (TPSA) is 36.1 Å². The molecule has 0 atom stereocenters. The van der Waals surface area contributed by atoms with Crippen LogP contribution in [0.3, 0.4) is 0 Å². The smallest absolute Gasteiger partial charge is 0.0743 e. The van der Waals surface area contributed by atoms with Crippen LogP contribution in [0.1, 0.15) is 6.42 Å². The third kappa shape index (κ3) is 0.650. The summed E-state index contributed by atoms with van der Waals surface area (Å²) in [5.41, 5.74) is 8.51. The van der Waals surface area contributed by atoms with Gasteiger partial charge in [-0.25, -0.2) is 0 Å². The Hall–Kier alpha value is -1.12. The maximum absolute atomic E-state index is 3.15. The van der Waals surface area contributed by atoms with Crippen LogP contribution >= 0.6 is 0 Å². The molecule has 0 unspecified atom stereocenters. The predicted molar refractivity (Wildman–Crippen MR) is 35.1 cm³/mol. The third-order valence-electron chi connectivity index (χ3n) is 1.58. The second-order valence-electron chi connectivity index (χ2n) is 2.20. The number of nitrogens with one attached hydrogen (secondary N) is 3. The lowest BCUT2D eigenvalue weighted by Gasteiger charge is -2.11. The molecule has 3 heteroatoms. The molecule has 0 aromatic carbocycles. The maximum atomic E-state index is 3.15. The van der Waals surface area contributed by atoms with Gasteiger partial charge in [0.2, 0.25) is 0 Å². The molecule has 2 aliphatic rings. The summed E-state index contributed by atoms with van der Waals surface area (Å²) in [4.78, 5) is 0. The zero-order valence-corrected chi connectivity index (χ0v) is 5.07. The molecule has 0 saturated heterocycles. The largest absolute Gasteiger partial charge is 0.389 e. The van der Waals surface area contributed by atoms with Crippen molar-refractivity contribution >= 4 is 0 Å². The molecule has 0 spiro atoms. The van der Waals surface area contributed by atoms with Gasteiger partial charge in [-0.1, -0.05) is 0 Å². The summed E-state index contributed by atoms with van der Waals surface area (Å²) < 4.78 is 0. The molecule has 0 saturated carbocycles. The molecule has 0 bridgehead atoms. The first-order chi connectivity index (χ1) is 4.47. The van der Waals surface area contributed by atoms with Gasteiger partial charge in [0.05, 0.1) is 5.70 Å². The van der Waals surface area contributed by atoms with E-state index in [2.05, 4.69) is 16.2 Å². The average Bonchev–Trinajstić information content (AvgIpc) is 2.33. The molecule has 0 aliphatic carbocycles. The maximum Gasteiger partial charge on any atom is 0.0743 e. The van der Waals surface area contributed by atoms with Crippen LogP contribution in [0.5, 0.6) is 0 Å². The minimum absolute atomic E-state index is 1.05. The summed E-state index contributed by atoms with van der Waals surface area (Å²) >= 11 is 0. The quantitative estimate of drug-likeness (QED) is 0.418. The van der Waals surface area contributed by atoms with E-state index in [1.807, 2.05) is 12.4 Å². The highest BCUT2D eigenvalue weighted by atomic mass is 15.4. The molecule has 0 amide bonds. The molecule has 9 heavy (non-hydrogen) atoms. The van der Waals surface area contributed by atoms with E-state index < -0.39 is 0 Å². The van der Waals surface area contributed by atoms with Crippen LogP contribution in [-0.2, 0) is 0 Å². The number of allylic oxidation sites excluding steroid dienone is 1. The number of hydrazine groups is 1. The lowest BCUT2D eigenvalue weighted by atomic mass is 10.1. The van der Waals surface area contributed by atoms with Gasteiger partial charge in [0.25, 0.3) is 0 Å². The van der Waals surface area contributed by atoms with Crippen LogP contribution in [0.15, 0.2) is 23.7 Å². The van der Waals surface area contributed by atoms with Crippen LogP contribution in [0.4, 0.5) is 0 Å². The predicted octanol–water partition coefficient (Wildman–Crippen LogP) is -0.187. The number of hydrogen-bond acceptors (Lipinski definition) is 3. The number of fused-ring (bicyclic) bond motifs is 1. The molecular weight excluding hydrogens is 114 g/mol. The first-order valence-electron chi connectivity index (χ1n) is 3.11. The van der Waals surface area contributed by atoms with E-state index in [4.69, 9.17) is 0 Å². The molecular formula is C6H9N3. The van der Waals surface area contributed by atoms with Gasteiger partial charge in [0.1, 0.15) is 0 Å². The Bertz CT molecular complexity index is 181. The Kier molecular flexibility index (Phi) is 0.886. The van der Waals surface area contributed by atoms with Gasteiger partial charge in [-0.3, -0.25) is 5.43 Å². The minimum atomic E-state index is 1.05. The van der Waals surface area contributed by atoms with Gasteiger partial charge in [0, 0.05) is 18.9 Å². The highest BCUT2D eigenvalue weighted by Crippen LogP contribution is 2.15. The molecule has 48 valence electrons. The third-order valence-corrected chi connectivity index (χ3v) is 1.58. The second-order valence-corrected chi connectivity index (χ2v) is 2.20. The molecule has 3 nitrogen and oxygen atoms in total. The SMILES string of the molecule is C1=C2CCNC=C2NN1. The molecule has 0 radical (unpaired) electrons. The standard InChI is InChI=1S/C6H9N3/c1-2-7-4-6-5(1)3-8-9-6/h3-4,7-9H,1-2H2. The van der Waals surface area contributed by atoms with E-state index in [1.54, 1.807) is 0 Å². The Morgan fingerprint density at radius 3 is 3.22 bits per heavy atom. The van der Waals surface area contributed by atoms with E-state index in [0.29, 0.717) is 0 Å². The van der Waals surface area contributed by atoms with Gasteiger partial charge in [-0.2, -0.15) is 0 Å². The van der Waals surface area contributed by atoms with Crippen LogP contribution in [0.25, 0.3) is 0 Å². The number of hydrogen-bond donors (Lipinski definition) is 3. The molecule has 0 aromatic rings. The van der Waals surface area contributed by atoms with Crippen molar-refractivity contribution in [3.63, 3.8) is 0 Å². The van der Waals surface area contributed by atoms with Crippen LogP contribution in [0.2, 0.25) is 0 Å². The Morgan fingerprint density at radius 1 is 1.33 bits per heavy atom. The van der Waals surface area contributed by atoms with Crippen molar-refractivity contribution in [2.45, 2.75) is 6.42 Å². The van der Waals surface area contributed by atoms with Crippen molar-refractivity contribution in [1.29, 1.82) is 0 Å². The van der Waals surface area contributed by atoms with Crippen LogP contribution in [0, 0.1) is 0 Å². The summed E-state index contributed by atoms with van der Waals surface area (Å²) in [5, 5.41) is 3.15. The summed E-state index contributed by atoms with van der Waals surface area (Å²) in [6.45, 7) is 1.05. The highest BCUT2D eigenvalue weighted by Gasteiger charge is 2.12. The van der Waals surface area contributed by atoms with E-state index >= 15 is 0 Å². The van der Waals surface area contributed by atoms with Gasteiger partial charge < -0.3 is 10.7 Å². The van der Waals surface area contributed by atoms with Crippen LogP contribution < -0.4 is 16.2 Å². The number of rotatable bonds is 0. The summed E-state index contributed by atoms with van der Waals surface area (Å²) in [5.74, 6) is 0. The monoisotopic (exact) mass is 123 g/mol. The van der Waals surface area contributed by atoms with Gasteiger partial charge >= 0.3 is 0 Å². The highest BCUT2D eigenvalue weighted by molar-refractivity contribution is 5.33. The average molecular weight is 123 g/mol. The zero-order chi connectivity index (χ0) is 6.10. The van der Waals surface area contributed by atoms with E-state index in [1.165, 1.54) is 11.3 Å². The molecule has 0 aromatic heterocycles. The van der Waals surface area contributed by atoms with E-state index in [-0.39, 0.29) is 0 Å². The van der Waals surface area contributed by atoms with E-state index in [9.17, 15) is 0 Å². The fraction of sp³-hybridized carbons (Fsp3) is 0.333. The normalized spacial score (nSPS) is 22.2. The summed E-state index contributed by atoms with van der Waals surface area (Å²) in [6, 6.07) is 0. The molecule has 2 aliphatic heterocycles. The van der Waals surface area contributed by atoms with Gasteiger partial charge in [-0.05, 0) is 12.0 Å². The first-order valence-corrected chi connectivity index (χ1v) is 3.11. The molecule has 2 heterocycles. The zero-order valence-electron chi connectivity index (χ0n) is 5.07. The van der Waals surface area contributed by atoms with Crippen molar-refractivity contribution in [1.82, 2.24) is 16.2 Å². The lowest BCUT2D eigenvalue weighted by Crippen LogP contribution is -2.24. The van der Waals surface area contributed by atoms with Crippen molar-refractivity contribution < 1.29 is 0 Å². The van der Waals surface area contributed by atoms with Gasteiger partial charge in [0.15, 0.2) is 0 Å². The van der Waals surface area contributed by atoms with Crippen molar-refractivity contribution in [2.24, 2.45) is 0 Å². The summed E-state index contributed by atoms with van der Waals surface area (Å²) in [6.07, 6.45) is 5.12. The summed E-state index contributed by atoms with van der Waals surface area (Å²) in [7, 11) is 0. The van der Waals surface area contributed by atoms with Crippen molar-refractivity contribution in [3.8, 4) is 0 Å². The fourth-order valence-electron chi connectivity index (χ4n) is 1.08. The van der Waals surface area contributed by atoms with E-state index in [0.717, 1.165) is 13.0 Å². The fourth-order valence-corrected chi connectivity index (χ4v) is 1.08. The second kappa shape index (κ2) is 1.69. The Morgan fingerprint density at radius 2 is 2.33 bits per heavy atom. The Labute approximate surface area is 53.8 Å². The molecule has 3 N–H and O–H groups in total.